The fourth-order valence-corrected chi connectivity index (χ4v) is 3.41. The highest BCUT2D eigenvalue weighted by Crippen LogP contribution is 2.28. The normalized spacial score (nSPS) is 22.1. The van der Waals surface area contributed by atoms with Gasteiger partial charge in [-0.05, 0) is 56.3 Å². The van der Waals surface area contributed by atoms with Crippen LogP contribution < -0.4 is 10.2 Å². The number of piperidine rings is 1. The van der Waals surface area contributed by atoms with Gasteiger partial charge in [0.1, 0.15) is 0 Å². The number of hydrogen-bond acceptors (Lipinski definition) is 3. The van der Waals surface area contributed by atoms with Gasteiger partial charge in [0.05, 0.1) is 6.10 Å². The largest absolute Gasteiger partial charge is 0.391 e. The number of nitrogens with zero attached hydrogens (tertiary/aromatic N) is 1. The summed E-state index contributed by atoms with van der Waals surface area (Å²) in [5, 5.41) is 13.8. The first-order valence-corrected chi connectivity index (χ1v) is 7.56. The molecule has 2 aliphatic rings. The Morgan fingerprint density at radius 2 is 2.05 bits per heavy atom. The number of benzene rings is 1. The van der Waals surface area contributed by atoms with Gasteiger partial charge < -0.3 is 15.3 Å². The fourth-order valence-electron chi connectivity index (χ4n) is 3.41. The smallest absolute Gasteiger partial charge is 0.0744 e. The van der Waals surface area contributed by atoms with E-state index in [0.717, 1.165) is 39.0 Å². The van der Waals surface area contributed by atoms with Crippen molar-refractivity contribution in [1.82, 2.24) is 5.32 Å². The van der Waals surface area contributed by atoms with Crippen LogP contribution in [0.5, 0.6) is 0 Å². The Hall–Kier alpha value is -1.06. The zero-order valence-corrected chi connectivity index (χ0v) is 11.5. The molecular formula is C16H24N2O. The molecule has 0 aliphatic carbocycles. The average Bonchev–Trinajstić information content (AvgIpc) is 2.48. The van der Waals surface area contributed by atoms with Crippen molar-refractivity contribution in [2.75, 3.05) is 31.1 Å². The van der Waals surface area contributed by atoms with Crippen molar-refractivity contribution in [3.8, 4) is 0 Å². The molecule has 1 unspecified atom stereocenters. The first-order valence-electron chi connectivity index (χ1n) is 7.56. The molecule has 0 radical (unpaired) electrons. The zero-order valence-electron chi connectivity index (χ0n) is 11.5. The number of hydrogen-bond donors (Lipinski definition) is 2. The summed E-state index contributed by atoms with van der Waals surface area (Å²) in [7, 11) is 0. The standard InChI is InChI=1S/C16H24N2O/c19-16(14-7-9-17-10-8-14)12-18-11-3-5-13-4-1-2-6-15(13)18/h1-2,4,6,14,16-17,19H,3,5,7-12H2. The number of β-amino-alcohol motifs (C(OH)–C–C–N with tert-alkyl or cyclic N) is 1. The summed E-state index contributed by atoms with van der Waals surface area (Å²) in [6.45, 7) is 3.98. The SMILES string of the molecule is OC(CN1CCCc2ccccc21)C1CCNCC1. The van der Waals surface area contributed by atoms with Gasteiger partial charge in [0.15, 0.2) is 0 Å². The third-order valence-corrected chi connectivity index (χ3v) is 4.54. The lowest BCUT2D eigenvalue weighted by Crippen LogP contribution is -2.42. The highest BCUT2D eigenvalue weighted by molar-refractivity contribution is 5.55. The van der Waals surface area contributed by atoms with Crippen LogP contribution in [0.15, 0.2) is 24.3 Å². The molecule has 0 spiro atoms. The maximum absolute atomic E-state index is 10.5. The molecule has 0 aromatic heterocycles. The Labute approximate surface area is 115 Å². The van der Waals surface area contributed by atoms with Crippen LogP contribution in [0.25, 0.3) is 0 Å². The summed E-state index contributed by atoms with van der Waals surface area (Å²) >= 11 is 0. The highest BCUT2D eigenvalue weighted by atomic mass is 16.3. The minimum Gasteiger partial charge on any atom is -0.391 e. The monoisotopic (exact) mass is 260 g/mol. The molecule has 3 rings (SSSR count). The Morgan fingerprint density at radius 3 is 2.89 bits per heavy atom. The van der Waals surface area contributed by atoms with Gasteiger partial charge in [-0.2, -0.15) is 0 Å². The number of rotatable bonds is 3. The number of anilines is 1. The first-order chi connectivity index (χ1) is 9.34. The quantitative estimate of drug-likeness (QED) is 0.870. The minimum atomic E-state index is -0.187. The molecular weight excluding hydrogens is 236 g/mol. The van der Waals surface area contributed by atoms with E-state index in [1.54, 1.807) is 0 Å². The Bertz CT molecular complexity index is 415. The highest BCUT2D eigenvalue weighted by Gasteiger charge is 2.25. The van der Waals surface area contributed by atoms with Crippen molar-refractivity contribution < 1.29 is 5.11 Å². The molecule has 19 heavy (non-hydrogen) atoms. The number of fused-ring (bicyclic) bond motifs is 1. The Balaban J connectivity index is 1.66. The van der Waals surface area contributed by atoms with E-state index in [4.69, 9.17) is 0 Å². The Morgan fingerprint density at radius 1 is 1.26 bits per heavy atom. The Kier molecular flexibility index (Phi) is 4.04. The van der Waals surface area contributed by atoms with Gasteiger partial charge in [-0.15, -0.1) is 0 Å². The molecule has 2 heterocycles. The van der Waals surface area contributed by atoms with Gasteiger partial charge in [-0.1, -0.05) is 18.2 Å². The van der Waals surface area contributed by atoms with E-state index in [1.165, 1.54) is 24.1 Å². The van der Waals surface area contributed by atoms with Crippen LogP contribution in [0.3, 0.4) is 0 Å². The summed E-state index contributed by atoms with van der Waals surface area (Å²) in [6.07, 6.45) is 4.41. The molecule has 3 heteroatoms. The van der Waals surface area contributed by atoms with Gasteiger partial charge in [0.2, 0.25) is 0 Å². The van der Waals surface area contributed by atoms with E-state index in [9.17, 15) is 5.11 Å². The fraction of sp³-hybridized carbons (Fsp3) is 0.625. The molecule has 2 aliphatic heterocycles. The first kappa shape index (κ1) is 12.9. The minimum absolute atomic E-state index is 0.187. The number of aryl methyl sites for hydroxylation is 1. The van der Waals surface area contributed by atoms with Crippen LogP contribution in [0.2, 0.25) is 0 Å². The summed E-state index contributed by atoms with van der Waals surface area (Å²) in [4.78, 5) is 2.38. The van der Waals surface area contributed by atoms with E-state index in [1.807, 2.05) is 0 Å². The maximum atomic E-state index is 10.5. The number of para-hydroxylation sites is 1. The van der Waals surface area contributed by atoms with Gasteiger partial charge in [0, 0.05) is 18.8 Å². The summed E-state index contributed by atoms with van der Waals surface area (Å²) in [6, 6.07) is 8.64. The third kappa shape index (κ3) is 2.93. The summed E-state index contributed by atoms with van der Waals surface area (Å²) < 4.78 is 0. The molecule has 1 aromatic rings. The van der Waals surface area contributed by atoms with E-state index in [2.05, 4.69) is 34.5 Å². The number of nitrogens with one attached hydrogen (secondary N) is 1. The van der Waals surface area contributed by atoms with Crippen LogP contribution in [-0.2, 0) is 6.42 Å². The predicted molar refractivity (Wildman–Crippen MR) is 78.6 cm³/mol. The molecule has 3 nitrogen and oxygen atoms in total. The molecule has 1 aromatic carbocycles. The molecule has 1 atom stereocenters. The molecule has 104 valence electrons. The second-order valence-corrected chi connectivity index (χ2v) is 5.83. The topological polar surface area (TPSA) is 35.5 Å². The van der Waals surface area contributed by atoms with Crippen LogP contribution in [0.1, 0.15) is 24.8 Å². The van der Waals surface area contributed by atoms with Gasteiger partial charge >= 0.3 is 0 Å². The van der Waals surface area contributed by atoms with Crippen molar-refractivity contribution >= 4 is 5.69 Å². The van der Waals surface area contributed by atoms with Gasteiger partial charge in [-0.3, -0.25) is 0 Å². The van der Waals surface area contributed by atoms with E-state index < -0.39 is 0 Å². The van der Waals surface area contributed by atoms with Crippen LogP contribution in [0.4, 0.5) is 5.69 Å². The van der Waals surface area contributed by atoms with Crippen LogP contribution >= 0.6 is 0 Å². The maximum Gasteiger partial charge on any atom is 0.0744 e. The molecule has 0 bridgehead atoms. The van der Waals surface area contributed by atoms with Crippen molar-refractivity contribution in [3.63, 3.8) is 0 Å². The molecule has 0 amide bonds. The zero-order chi connectivity index (χ0) is 13.1. The predicted octanol–water partition coefficient (Wildman–Crippen LogP) is 1.80. The van der Waals surface area contributed by atoms with Gasteiger partial charge in [0.25, 0.3) is 0 Å². The van der Waals surface area contributed by atoms with Gasteiger partial charge in [-0.25, -0.2) is 0 Å². The average molecular weight is 260 g/mol. The lowest BCUT2D eigenvalue weighted by Gasteiger charge is -2.36. The van der Waals surface area contributed by atoms with Crippen molar-refractivity contribution in [2.45, 2.75) is 31.8 Å². The third-order valence-electron chi connectivity index (χ3n) is 4.54. The number of aliphatic hydroxyl groups excluding tert-OH is 1. The van der Waals surface area contributed by atoms with Crippen molar-refractivity contribution in [2.24, 2.45) is 5.92 Å². The van der Waals surface area contributed by atoms with Crippen molar-refractivity contribution in [3.05, 3.63) is 29.8 Å². The second-order valence-electron chi connectivity index (χ2n) is 5.83. The molecule has 2 N–H and O–H groups in total. The van der Waals surface area contributed by atoms with E-state index in [0.29, 0.717) is 5.92 Å². The molecule has 1 saturated heterocycles. The molecule has 0 saturated carbocycles. The lowest BCUT2D eigenvalue weighted by atomic mass is 9.91. The second kappa shape index (κ2) is 5.93. The summed E-state index contributed by atoms with van der Waals surface area (Å²) in [5.41, 5.74) is 2.77. The summed E-state index contributed by atoms with van der Waals surface area (Å²) in [5.74, 6) is 0.468. The molecule has 1 fully saturated rings. The van der Waals surface area contributed by atoms with Crippen LogP contribution in [-0.4, -0.2) is 37.4 Å². The van der Waals surface area contributed by atoms with Crippen molar-refractivity contribution in [1.29, 1.82) is 0 Å². The van der Waals surface area contributed by atoms with E-state index in [-0.39, 0.29) is 6.10 Å². The number of aliphatic hydroxyl groups is 1. The van der Waals surface area contributed by atoms with Crippen LogP contribution in [0, 0.1) is 5.92 Å². The van der Waals surface area contributed by atoms with E-state index >= 15 is 0 Å². The lowest BCUT2D eigenvalue weighted by molar-refractivity contribution is 0.0937.